The lowest BCUT2D eigenvalue weighted by Gasteiger charge is -2.11. The van der Waals surface area contributed by atoms with Crippen LogP contribution in [-0.4, -0.2) is 19.0 Å². The number of nitrogens with one attached hydrogen (secondary N) is 2. The first-order valence-electron chi connectivity index (χ1n) is 6.89. The van der Waals surface area contributed by atoms with Crippen molar-refractivity contribution < 1.29 is 9.18 Å². The van der Waals surface area contributed by atoms with Crippen LogP contribution in [0.3, 0.4) is 0 Å². The van der Waals surface area contributed by atoms with Gasteiger partial charge in [-0.1, -0.05) is 13.3 Å². The van der Waals surface area contributed by atoms with Gasteiger partial charge in [-0.3, -0.25) is 4.79 Å². The third-order valence-corrected chi connectivity index (χ3v) is 3.65. The van der Waals surface area contributed by atoms with Crippen LogP contribution in [0, 0.1) is 17.7 Å². The molecule has 0 heterocycles. The normalized spacial score (nSPS) is 22.4. The topological polar surface area (TPSA) is 41.1 Å². The van der Waals surface area contributed by atoms with Crippen LogP contribution in [0.15, 0.2) is 24.3 Å². The van der Waals surface area contributed by atoms with Crippen molar-refractivity contribution >= 4 is 11.6 Å². The molecule has 1 aromatic rings. The predicted octanol–water partition coefficient (Wildman–Crippen LogP) is 2.79. The van der Waals surface area contributed by atoms with Crippen LogP contribution in [0.5, 0.6) is 0 Å². The fourth-order valence-corrected chi connectivity index (χ4v) is 2.64. The van der Waals surface area contributed by atoms with E-state index in [-0.39, 0.29) is 11.7 Å². The zero-order valence-corrected chi connectivity index (χ0v) is 11.3. The molecule has 104 valence electrons. The van der Waals surface area contributed by atoms with Crippen LogP contribution >= 0.6 is 0 Å². The Balaban J connectivity index is 1.66. The van der Waals surface area contributed by atoms with Gasteiger partial charge in [0.15, 0.2) is 0 Å². The van der Waals surface area contributed by atoms with Crippen LogP contribution in [0.2, 0.25) is 0 Å². The van der Waals surface area contributed by atoms with E-state index >= 15 is 0 Å². The Hall–Kier alpha value is -1.42. The molecule has 4 heteroatoms. The minimum atomic E-state index is -0.300. The van der Waals surface area contributed by atoms with E-state index < -0.39 is 0 Å². The third kappa shape index (κ3) is 4.63. The van der Waals surface area contributed by atoms with Gasteiger partial charge in [-0.15, -0.1) is 0 Å². The van der Waals surface area contributed by atoms with Crippen molar-refractivity contribution in [2.45, 2.75) is 26.2 Å². The number of amides is 1. The second-order valence-electron chi connectivity index (χ2n) is 5.47. The lowest BCUT2D eigenvalue weighted by Crippen LogP contribution is -2.31. The molecule has 1 saturated carbocycles. The number of benzene rings is 1. The van der Waals surface area contributed by atoms with Crippen molar-refractivity contribution in [3.05, 3.63) is 30.1 Å². The highest BCUT2D eigenvalue weighted by Gasteiger charge is 2.20. The Kier molecular flexibility index (Phi) is 4.91. The maximum absolute atomic E-state index is 12.7. The highest BCUT2D eigenvalue weighted by atomic mass is 19.1. The lowest BCUT2D eigenvalue weighted by molar-refractivity contribution is -0.115. The summed E-state index contributed by atoms with van der Waals surface area (Å²) < 4.78 is 12.7. The standard InChI is InChI=1S/C15H21FN2O/c1-11-2-3-12(8-11)9-17-10-15(19)18-14-6-4-13(16)5-7-14/h4-7,11-12,17H,2-3,8-10H2,1H3,(H,18,19). The van der Waals surface area contributed by atoms with Gasteiger partial charge in [0.1, 0.15) is 5.82 Å². The van der Waals surface area contributed by atoms with Gasteiger partial charge in [0.2, 0.25) is 5.91 Å². The highest BCUT2D eigenvalue weighted by Crippen LogP contribution is 2.29. The largest absolute Gasteiger partial charge is 0.325 e. The average molecular weight is 264 g/mol. The van der Waals surface area contributed by atoms with Crippen molar-refractivity contribution in [2.24, 2.45) is 11.8 Å². The maximum atomic E-state index is 12.7. The van der Waals surface area contributed by atoms with E-state index in [9.17, 15) is 9.18 Å². The van der Waals surface area contributed by atoms with Crippen LogP contribution in [0.25, 0.3) is 0 Å². The number of carbonyl (C=O) groups is 1. The molecule has 19 heavy (non-hydrogen) atoms. The van der Waals surface area contributed by atoms with E-state index in [2.05, 4.69) is 17.6 Å². The Morgan fingerprint density at radius 1 is 1.32 bits per heavy atom. The summed E-state index contributed by atoms with van der Waals surface area (Å²) in [6, 6.07) is 5.80. The molecular weight excluding hydrogens is 243 g/mol. The van der Waals surface area contributed by atoms with Gasteiger partial charge in [0, 0.05) is 5.69 Å². The number of rotatable bonds is 5. The molecule has 2 rings (SSSR count). The molecule has 3 nitrogen and oxygen atoms in total. The summed E-state index contributed by atoms with van der Waals surface area (Å²) in [4.78, 5) is 11.7. The molecule has 0 radical (unpaired) electrons. The summed E-state index contributed by atoms with van der Waals surface area (Å²) in [7, 11) is 0. The van der Waals surface area contributed by atoms with E-state index in [1.54, 1.807) is 12.1 Å². The van der Waals surface area contributed by atoms with E-state index in [0.29, 0.717) is 18.2 Å². The van der Waals surface area contributed by atoms with Crippen molar-refractivity contribution in [3.8, 4) is 0 Å². The molecule has 1 aromatic carbocycles. The Bertz CT molecular complexity index is 419. The molecular formula is C15H21FN2O. The summed E-state index contributed by atoms with van der Waals surface area (Å²) in [5.74, 6) is 1.14. The summed E-state index contributed by atoms with van der Waals surface area (Å²) >= 11 is 0. The van der Waals surface area contributed by atoms with Gasteiger partial charge in [0.05, 0.1) is 6.54 Å². The zero-order valence-electron chi connectivity index (χ0n) is 11.3. The van der Waals surface area contributed by atoms with Crippen molar-refractivity contribution in [3.63, 3.8) is 0 Å². The van der Waals surface area contributed by atoms with Gasteiger partial charge in [-0.05, 0) is 55.5 Å². The molecule has 0 bridgehead atoms. The fraction of sp³-hybridized carbons (Fsp3) is 0.533. The third-order valence-electron chi connectivity index (χ3n) is 3.65. The average Bonchev–Trinajstić information content (AvgIpc) is 2.78. The van der Waals surface area contributed by atoms with Gasteiger partial charge in [0.25, 0.3) is 0 Å². The summed E-state index contributed by atoms with van der Waals surface area (Å²) in [5, 5.41) is 5.93. The van der Waals surface area contributed by atoms with Gasteiger partial charge < -0.3 is 10.6 Å². The van der Waals surface area contributed by atoms with Crippen LogP contribution in [0.4, 0.5) is 10.1 Å². The SMILES string of the molecule is CC1CCC(CNCC(=O)Nc2ccc(F)cc2)C1. The smallest absolute Gasteiger partial charge is 0.238 e. The van der Waals surface area contributed by atoms with E-state index in [4.69, 9.17) is 0 Å². The Morgan fingerprint density at radius 2 is 2.05 bits per heavy atom. The number of carbonyl (C=O) groups excluding carboxylic acids is 1. The molecule has 0 aliphatic heterocycles. The summed E-state index contributed by atoms with van der Waals surface area (Å²) in [5.41, 5.74) is 0.627. The molecule has 2 atom stereocenters. The van der Waals surface area contributed by atoms with Gasteiger partial charge >= 0.3 is 0 Å². The molecule has 2 N–H and O–H groups in total. The van der Waals surface area contributed by atoms with Crippen molar-refractivity contribution in [1.82, 2.24) is 5.32 Å². The van der Waals surface area contributed by atoms with E-state index in [1.165, 1.54) is 31.4 Å². The Morgan fingerprint density at radius 3 is 2.68 bits per heavy atom. The number of anilines is 1. The first-order chi connectivity index (χ1) is 9.13. The second-order valence-corrected chi connectivity index (χ2v) is 5.47. The highest BCUT2D eigenvalue weighted by molar-refractivity contribution is 5.92. The molecule has 0 saturated heterocycles. The van der Waals surface area contributed by atoms with Gasteiger partial charge in [-0.2, -0.15) is 0 Å². The molecule has 1 fully saturated rings. The number of hydrogen-bond donors (Lipinski definition) is 2. The summed E-state index contributed by atoms with van der Waals surface area (Å²) in [6.07, 6.45) is 3.81. The molecule has 1 aliphatic rings. The quantitative estimate of drug-likeness (QED) is 0.858. The van der Waals surface area contributed by atoms with E-state index in [1.807, 2.05) is 0 Å². The lowest BCUT2D eigenvalue weighted by atomic mass is 10.1. The van der Waals surface area contributed by atoms with Crippen molar-refractivity contribution in [1.29, 1.82) is 0 Å². The number of halogens is 1. The second kappa shape index (κ2) is 6.66. The molecule has 1 amide bonds. The van der Waals surface area contributed by atoms with E-state index in [0.717, 1.165) is 12.5 Å². The molecule has 0 aromatic heterocycles. The number of hydrogen-bond acceptors (Lipinski definition) is 2. The first kappa shape index (κ1) is 14.0. The molecule has 0 spiro atoms. The van der Waals surface area contributed by atoms with Crippen LogP contribution in [-0.2, 0) is 4.79 Å². The van der Waals surface area contributed by atoms with Crippen LogP contribution in [0.1, 0.15) is 26.2 Å². The molecule has 1 aliphatic carbocycles. The fourth-order valence-electron chi connectivity index (χ4n) is 2.64. The monoisotopic (exact) mass is 264 g/mol. The molecule has 2 unspecified atom stereocenters. The van der Waals surface area contributed by atoms with Gasteiger partial charge in [-0.25, -0.2) is 4.39 Å². The minimum Gasteiger partial charge on any atom is -0.325 e. The first-order valence-corrected chi connectivity index (χ1v) is 6.89. The minimum absolute atomic E-state index is 0.0855. The summed E-state index contributed by atoms with van der Waals surface area (Å²) in [6.45, 7) is 3.49. The Labute approximate surface area is 113 Å². The van der Waals surface area contributed by atoms with Crippen molar-refractivity contribution in [2.75, 3.05) is 18.4 Å². The predicted molar refractivity (Wildman–Crippen MR) is 74.4 cm³/mol. The van der Waals surface area contributed by atoms with Crippen LogP contribution < -0.4 is 10.6 Å². The zero-order chi connectivity index (χ0) is 13.7. The maximum Gasteiger partial charge on any atom is 0.238 e.